The zero-order valence-electron chi connectivity index (χ0n) is 12.9. The van der Waals surface area contributed by atoms with E-state index in [4.69, 9.17) is 4.52 Å². The van der Waals surface area contributed by atoms with Gasteiger partial charge in [0, 0.05) is 25.4 Å². The minimum atomic E-state index is -0.0126. The quantitative estimate of drug-likeness (QED) is 0.930. The molecule has 2 aromatic rings. The van der Waals surface area contributed by atoms with E-state index in [1.54, 1.807) is 0 Å². The number of urea groups is 1. The maximum atomic E-state index is 12.3. The second-order valence-electron chi connectivity index (χ2n) is 6.39. The predicted molar refractivity (Wildman–Crippen MR) is 87.6 cm³/mol. The fourth-order valence-corrected chi connectivity index (χ4v) is 3.66. The van der Waals surface area contributed by atoms with Crippen molar-refractivity contribution in [1.82, 2.24) is 15.0 Å². The number of rotatable bonds is 4. The first kappa shape index (κ1) is 14.7. The number of nitrogens with one attached hydrogen (secondary N) is 1. The molecule has 4 rings (SSSR count). The molecule has 1 aliphatic carbocycles. The molecule has 1 saturated carbocycles. The van der Waals surface area contributed by atoms with Gasteiger partial charge in [0.1, 0.15) is 0 Å². The van der Waals surface area contributed by atoms with Crippen molar-refractivity contribution >= 4 is 22.4 Å². The van der Waals surface area contributed by atoms with Crippen molar-refractivity contribution in [3.63, 3.8) is 0 Å². The van der Waals surface area contributed by atoms with E-state index in [1.165, 1.54) is 24.2 Å². The van der Waals surface area contributed by atoms with Crippen LogP contribution in [0.3, 0.4) is 0 Å². The molecule has 0 bridgehead atoms. The molecule has 1 aliphatic heterocycles. The third-order valence-electron chi connectivity index (χ3n) is 4.45. The lowest BCUT2D eigenvalue weighted by Crippen LogP contribution is -2.42. The molecular weight excluding hydrogens is 312 g/mol. The number of nitrogens with zero attached hydrogens (tertiary/aromatic N) is 3. The average molecular weight is 332 g/mol. The largest absolute Gasteiger partial charge is 0.339 e. The summed E-state index contributed by atoms with van der Waals surface area (Å²) >= 11 is 1.54. The predicted octanol–water partition coefficient (Wildman–Crippen LogP) is 3.50. The van der Waals surface area contributed by atoms with E-state index in [1.807, 2.05) is 22.4 Å². The highest BCUT2D eigenvalue weighted by molar-refractivity contribution is 7.14. The third kappa shape index (κ3) is 3.55. The molecule has 0 aromatic carbocycles. The molecular formula is C16H20N4O2S. The summed E-state index contributed by atoms with van der Waals surface area (Å²) in [5.74, 6) is 2.50. The third-order valence-corrected chi connectivity index (χ3v) is 5.23. The van der Waals surface area contributed by atoms with Gasteiger partial charge in [0.05, 0.1) is 5.00 Å². The molecule has 1 saturated heterocycles. The van der Waals surface area contributed by atoms with Crippen LogP contribution in [0.5, 0.6) is 0 Å². The molecule has 1 atom stereocenters. The smallest absolute Gasteiger partial charge is 0.322 e. The summed E-state index contributed by atoms with van der Waals surface area (Å²) in [6.07, 6.45) is 5.25. The molecule has 7 heteroatoms. The lowest BCUT2D eigenvalue weighted by atomic mass is 9.95. The topological polar surface area (TPSA) is 71.3 Å². The molecule has 2 aromatic heterocycles. The lowest BCUT2D eigenvalue weighted by Gasteiger charge is -2.32. The second kappa shape index (κ2) is 6.31. The first-order valence-corrected chi connectivity index (χ1v) is 9.08. The molecule has 0 radical (unpaired) electrons. The van der Waals surface area contributed by atoms with Crippen molar-refractivity contribution in [3.05, 3.63) is 29.2 Å². The number of anilines is 1. The monoisotopic (exact) mass is 332 g/mol. The normalized spacial score (nSPS) is 21.4. The van der Waals surface area contributed by atoms with Gasteiger partial charge in [-0.25, -0.2) is 4.79 Å². The Balaban J connectivity index is 1.33. The Kier molecular flexibility index (Phi) is 4.03. The Morgan fingerprint density at radius 2 is 2.35 bits per heavy atom. The van der Waals surface area contributed by atoms with Gasteiger partial charge in [-0.3, -0.25) is 5.32 Å². The van der Waals surface area contributed by atoms with Crippen molar-refractivity contribution in [1.29, 1.82) is 0 Å². The number of likely N-dealkylation sites (tertiary alicyclic amines) is 1. The number of hydrogen-bond acceptors (Lipinski definition) is 5. The van der Waals surface area contributed by atoms with Crippen LogP contribution in [0.1, 0.15) is 43.3 Å². The van der Waals surface area contributed by atoms with Crippen LogP contribution < -0.4 is 5.32 Å². The molecule has 3 heterocycles. The molecule has 1 N–H and O–H groups in total. The van der Waals surface area contributed by atoms with E-state index in [-0.39, 0.29) is 6.03 Å². The zero-order chi connectivity index (χ0) is 15.6. The number of thiophene rings is 1. The highest BCUT2D eigenvalue weighted by atomic mass is 32.1. The summed E-state index contributed by atoms with van der Waals surface area (Å²) in [5, 5.41) is 9.88. The maximum Gasteiger partial charge on any atom is 0.322 e. The summed E-state index contributed by atoms with van der Waals surface area (Å²) in [6.45, 7) is 1.56. The number of piperidine rings is 1. The van der Waals surface area contributed by atoms with E-state index in [0.717, 1.165) is 49.1 Å². The SMILES string of the molecule is O=C(Nc1cccs1)N1CCC[C@@H](Cc2nc(C3CC3)no2)C1. The highest BCUT2D eigenvalue weighted by Crippen LogP contribution is 2.38. The van der Waals surface area contributed by atoms with Gasteiger partial charge < -0.3 is 9.42 Å². The number of hydrogen-bond donors (Lipinski definition) is 1. The molecule has 0 unspecified atom stereocenters. The standard InChI is InChI=1S/C16H20N4O2S/c21-16(18-14-4-2-8-23-14)20-7-1-3-11(10-20)9-13-17-15(19-22-13)12-5-6-12/h2,4,8,11-12H,1,3,5-7,9-10H2,(H,18,21)/t11-/m0/s1. The lowest BCUT2D eigenvalue weighted by molar-refractivity contribution is 0.173. The number of aromatic nitrogens is 2. The fraction of sp³-hybridized carbons (Fsp3) is 0.562. The van der Waals surface area contributed by atoms with E-state index < -0.39 is 0 Å². The van der Waals surface area contributed by atoms with Crippen LogP contribution in [0.4, 0.5) is 9.80 Å². The van der Waals surface area contributed by atoms with E-state index >= 15 is 0 Å². The van der Waals surface area contributed by atoms with Gasteiger partial charge in [-0.15, -0.1) is 11.3 Å². The van der Waals surface area contributed by atoms with Crippen LogP contribution in [-0.4, -0.2) is 34.2 Å². The molecule has 23 heavy (non-hydrogen) atoms. The maximum absolute atomic E-state index is 12.3. The second-order valence-corrected chi connectivity index (χ2v) is 7.33. The van der Waals surface area contributed by atoms with Crippen LogP contribution in [0.2, 0.25) is 0 Å². The average Bonchev–Trinajstić information content (AvgIpc) is 3.09. The molecule has 2 fully saturated rings. The first-order valence-electron chi connectivity index (χ1n) is 8.20. The zero-order valence-corrected chi connectivity index (χ0v) is 13.7. The van der Waals surface area contributed by atoms with Crippen molar-refractivity contribution < 1.29 is 9.32 Å². The van der Waals surface area contributed by atoms with Crippen molar-refractivity contribution in [2.75, 3.05) is 18.4 Å². The molecule has 2 aliphatic rings. The van der Waals surface area contributed by atoms with Crippen LogP contribution in [0, 0.1) is 5.92 Å². The van der Waals surface area contributed by atoms with Gasteiger partial charge in [0.15, 0.2) is 5.82 Å². The number of amides is 2. The Morgan fingerprint density at radius 3 is 3.13 bits per heavy atom. The summed E-state index contributed by atoms with van der Waals surface area (Å²) in [4.78, 5) is 18.7. The Morgan fingerprint density at radius 1 is 1.43 bits per heavy atom. The summed E-state index contributed by atoms with van der Waals surface area (Å²) in [7, 11) is 0. The first-order chi connectivity index (χ1) is 11.3. The van der Waals surface area contributed by atoms with Crippen LogP contribution in [0.15, 0.2) is 22.0 Å². The van der Waals surface area contributed by atoms with Gasteiger partial charge in [-0.05, 0) is 49.1 Å². The van der Waals surface area contributed by atoms with E-state index in [2.05, 4.69) is 15.5 Å². The van der Waals surface area contributed by atoms with Gasteiger partial charge in [0.25, 0.3) is 0 Å². The van der Waals surface area contributed by atoms with E-state index in [0.29, 0.717) is 11.8 Å². The Labute approximate surface area is 138 Å². The van der Waals surface area contributed by atoms with Crippen molar-refractivity contribution in [2.24, 2.45) is 5.92 Å². The van der Waals surface area contributed by atoms with Crippen LogP contribution >= 0.6 is 11.3 Å². The van der Waals surface area contributed by atoms with E-state index in [9.17, 15) is 4.79 Å². The van der Waals surface area contributed by atoms with Gasteiger partial charge in [-0.1, -0.05) is 5.16 Å². The van der Waals surface area contributed by atoms with Gasteiger partial charge in [-0.2, -0.15) is 4.98 Å². The number of carbonyl (C=O) groups is 1. The Bertz CT molecular complexity index is 665. The van der Waals surface area contributed by atoms with Crippen molar-refractivity contribution in [2.45, 2.75) is 38.0 Å². The summed E-state index contributed by atoms with van der Waals surface area (Å²) in [6, 6.07) is 3.84. The number of carbonyl (C=O) groups excluding carboxylic acids is 1. The fourth-order valence-electron chi connectivity index (χ4n) is 3.06. The molecule has 122 valence electrons. The molecule has 6 nitrogen and oxygen atoms in total. The Hall–Kier alpha value is -1.89. The minimum absolute atomic E-state index is 0.0126. The molecule has 0 spiro atoms. The summed E-state index contributed by atoms with van der Waals surface area (Å²) < 4.78 is 5.37. The van der Waals surface area contributed by atoms with Crippen LogP contribution in [-0.2, 0) is 6.42 Å². The highest BCUT2D eigenvalue weighted by Gasteiger charge is 2.30. The van der Waals surface area contributed by atoms with Gasteiger partial charge in [0.2, 0.25) is 5.89 Å². The molecule has 2 amide bonds. The van der Waals surface area contributed by atoms with Gasteiger partial charge >= 0.3 is 6.03 Å². The van der Waals surface area contributed by atoms with Crippen molar-refractivity contribution in [3.8, 4) is 0 Å². The minimum Gasteiger partial charge on any atom is -0.339 e. The van der Waals surface area contributed by atoms with Crippen LogP contribution in [0.25, 0.3) is 0 Å². The summed E-state index contributed by atoms with van der Waals surface area (Å²) in [5.41, 5.74) is 0.